The van der Waals surface area contributed by atoms with E-state index < -0.39 is 11.4 Å². The molecule has 0 aliphatic carbocycles. The smallest absolute Gasteiger partial charge is 0.334 e. The normalized spacial score (nSPS) is 27.0. The van der Waals surface area contributed by atoms with Crippen LogP contribution in [0.4, 0.5) is 0 Å². The van der Waals surface area contributed by atoms with E-state index >= 15 is 0 Å². The summed E-state index contributed by atoms with van der Waals surface area (Å²) in [7, 11) is 0. The highest BCUT2D eigenvalue weighted by Crippen LogP contribution is 2.16. The van der Waals surface area contributed by atoms with Gasteiger partial charge in [0.2, 0.25) is 0 Å². The van der Waals surface area contributed by atoms with Gasteiger partial charge in [0, 0.05) is 0 Å². The first-order valence-electron chi connectivity index (χ1n) is 1.77. The molecule has 0 aromatic heterocycles. The van der Waals surface area contributed by atoms with E-state index in [-0.39, 0.29) is 0 Å². The zero-order chi connectivity index (χ0) is 5.28. The van der Waals surface area contributed by atoms with Crippen molar-refractivity contribution in [2.45, 2.75) is 6.92 Å². The standard InChI is InChI=1S/C3H4O3S/c1-2-3-5-7(4)6-3/h2H,1H3. The molecule has 1 aliphatic rings. The molecule has 0 radical (unpaired) electrons. The van der Waals surface area contributed by atoms with Gasteiger partial charge in [0.05, 0.1) is 0 Å². The van der Waals surface area contributed by atoms with Crippen molar-refractivity contribution >= 4 is 11.4 Å². The van der Waals surface area contributed by atoms with Crippen molar-refractivity contribution in [2.75, 3.05) is 0 Å². The van der Waals surface area contributed by atoms with Crippen molar-refractivity contribution in [3.05, 3.63) is 12.0 Å². The zero-order valence-electron chi connectivity index (χ0n) is 3.71. The van der Waals surface area contributed by atoms with Crippen LogP contribution >= 0.6 is 0 Å². The lowest BCUT2D eigenvalue weighted by Gasteiger charge is -2.13. The van der Waals surface area contributed by atoms with Crippen molar-refractivity contribution in [3.8, 4) is 0 Å². The van der Waals surface area contributed by atoms with E-state index in [2.05, 4.69) is 8.37 Å². The topological polar surface area (TPSA) is 35.5 Å². The van der Waals surface area contributed by atoms with Crippen molar-refractivity contribution < 1.29 is 12.6 Å². The Balaban J connectivity index is 2.44. The van der Waals surface area contributed by atoms with E-state index in [4.69, 9.17) is 0 Å². The second kappa shape index (κ2) is 1.54. The minimum Gasteiger partial charge on any atom is -0.334 e. The van der Waals surface area contributed by atoms with Gasteiger partial charge in [-0.2, -0.15) is 4.21 Å². The summed E-state index contributed by atoms with van der Waals surface area (Å²) in [5.41, 5.74) is 0. The van der Waals surface area contributed by atoms with Crippen LogP contribution in [0.3, 0.4) is 0 Å². The molecule has 0 atom stereocenters. The molecule has 0 amide bonds. The Hall–Kier alpha value is -0.510. The summed E-state index contributed by atoms with van der Waals surface area (Å²) in [5, 5.41) is 0. The number of hydrogen-bond donors (Lipinski definition) is 0. The molecule has 0 unspecified atom stereocenters. The van der Waals surface area contributed by atoms with Gasteiger partial charge in [-0.3, -0.25) is 0 Å². The summed E-state index contributed by atoms with van der Waals surface area (Å²) in [6.45, 7) is 1.74. The van der Waals surface area contributed by atoms with Gasteiger partial charge in [0.25, 0.3) is 0 Å². The fraction of sp³-hybridized carbons (Fsp3) is 0.333. The van der Waals surface area contributed by atoms with Gasteiger partial charge in [-0.25, -0.2) is 0 Å². The Bertz CT molecular complexity index is 118. The Kier molecular flexibility index (Phi) is 1.02. The van der Waals surface area contributed by atoms with Crippen molar-refractivity contribution in [3.63, 3.8) is 0 Å². The molecule has 1 saturated heterocycles. The largest absolute Gasteiger partial charge is 0.423 e. The maximum Gasteiger partial charge on any atom is 0.423 e. The number of rotatable bonds is 0. The Labute approximate surface area is 43.8 Å². The first kappa shape index (κ1) is 4.64. The van der Waals surface area contributed by atoms with Crippen LogP contribution in [-0.4, -0.2) is 4.21 Å². The van der Waals surface area contributed by atoms with Gasteiger partial charge in [-0.05, 0) is 13.0 Å². The first-order valence-corrected chi connectivity index (χ1v) is 2.77. The summed E-state index contributed by atoms with van der Waals surface area (Å²) in [5.74, 6) is 0.346. The van der Waals surface area contributed by atoms with Crippen molar-refractivity contribution in [2.24, 2.45) is 0 Å². The third-order valence-electron chi connectivity index (χ3n) is 0.536. The van der Waals surface area contributed by atoms with Gasteiger partial charge < -0.3 is 8.37 Å². The summed E-state index contributed by atoms with van der Waals surface area (Å²) < 4.78 is 18.7. The number of hydrogen-bond acceptors (Lipinski definition) is 3. The maximum absolute atomic E-state index is 9.89. The Morgan fingerprint density at radius 3 is 2.43 bits per heavy atom. The van der Waals surface area contributed by atoms with E-state index in [0.29, 0.717) is 5.95 Å². The quantitative estimate of drug-likeness (QED) is 0.466. The molecule has 1 fully saturated rings. The van der Waals surface area contributed by atoms with Crippen LogP contribution in [-0.2, 0) is 19.7 Å². The SMILES string of the molecule is CC=C1OS(=O)O1. The highest BCUT2D eigenvalue weighted by molar-refractivity contribution is 7.76. The highest BCUT2D eigenvalue weighted by Gasteiger charge is 2.20. The lowest BCUT2D eigenvalue weighted by atomic mass is 10.7. The second-order valence-corrected chi connectivity index (χ2v) is 1.72. The second-order valence-electron chi connectivity index (χ2n) is 0.979. The third-order valence-corrected chi connectivity index (χ3v) is 1.14. The fourth-order valence-electron chi connectivity index (χ4n) is 0.237. The fourth-order valence-corrected chi connectivity index (χ4v) is 0.710. The van der Waals surface area contributed by atoms with Crippen molar-refractivity contribution in [1.29, 1.82) is 0 Å². The predicted molar refractivity (Wildman–Crippen MR) is 24.1 cm³/mol. The highest BCUT2D eigenvalue weighted by atomic mass is 32.2. The van der Waals surface area contributed by atoms with Crippen molar-refractivity contribution in [1.82, 2.24) is 0 Å². The molecule has 40 valence electrons. The molecule has 0 bridgehead atoms. The average molecular weight is 120 g/mol. The van der Waals surface area contributed by atoms with Crippen LogP contribution in [0.1, 0.15) is 6.92 Å². The van der Waals surface area contributed by atoms with Gasteiger partial charge in [-0.15, -0.1) is 0 Å². The third kappa shape index (κ3) is 0.742. The molecule has 0 aromatic carbocycles. The molecular formula is C3H4O3S. The van der Waals surface area contributed by atoms with Crippen LogP contribution in [0, 0.1) is 0 Å². The van der Waals surface area contributed by atoms with Gasteiger partial charge in [0.15, 0.2) is 0 Å². The van der Waals surface area contributed by atoms with E-state index in [9.17, 15) is 4.21 Å². The molecular weight excluding hydrogens is 116 g/mol. The lowest BCUT2D eigenvalue weighted by Crippen LogP contribution is -2.13. The molecule has 0 N–H and O–H groups in total. The average Bonchev–Trinajstić information content (AvgIpc) is 1.58. The van der Waals surface area contributed by atoms with Crippen LogP contribution in [0.5, 0.6) is 0 Å². The molecule has 1 heterocycles. The summed E-state index contributed by atoms with van der Waals surface area (Å²) in [6, 6.07) is 0. The lowest BCUT2D eigenvalue weighted by molar-refractivity contribution is 0.149. The zero-order valence-corrected chi connectivity index (χ0v) is 4.53. The van der Waals surface area contributed by atoms with Gasteiger partial charge >= 0.3 is 17.3 Å². The predicted octanol–water partition coefficient (Wildman–Crippen LogP) is 0.473. The van der Waals surface area contributed by atoms with Gasteiger partial charge in [0.1, 0.15) is 0 Å². The monoisotopic (exact) mass is 120 g/mol. The molecule has 1 aliphatic heterocycles. The Morgan fingerprint density at radius 2 is 2.29 bits per heavy atom. The van der Waals surface area contributed by atoms with E-state index in [1.165, 1.54) is 0 Å². The molecule has 7 heavy (non-hydrogen) atoms. The summed E-state index contributed by atoms with van der Waals surface area (Å²) in [4.78, 5) is 0. The van der Waals surface area contributed by atoms with Crippen LogP contribution in [0.15, 0.2) is 12.0 Å². The molecule has 1 rings (SSSR count). The molecule has 0 saturated carbocycles. The molecule has 0 aromatic rings. The first-order chi connectivity index (χ1) is 3.33. The molecule has 0 spiro atoms. The van der Waals surface area contributed by atoms with E-state index in [1.807, 2.05) is 0 Å². The van der Waals surface area contributed by atoms with Crippen LogP contribution in [0.2, 0.25) is 0 Å². The van der Waals surface area contributed by atoms with E-state index in [0.717, 1.165) is 0 Å². The van der Waals surface area contributed by atoms with E-state index in [1.54, 1.807) is 13.0 Å². The van der Waals surface area contributed by atoms with Crippen LogP contribution < -0.4 is 0 Å². The molecule has 4 heteroatoms. The maximum atomic E-state index is 9.89. The minimum atomic E-state index is -1.49. The number of allylic oxidation sites excluding steroid dienone is 1. The summed E-state index contributed by atoms with van der Waals surface area (Å²) in [6.07, 6.45) is 1.60. The summed E-state index contributed by atoms with van der Waals surface area (Å²) >= 11 is -1.49. The van der Waals surface area contributed by atoms with Crippen LogP contribution in [0.25, 0.3) is 0 Å². The minimum absolute atomic E-state index is 0.346. The Morgan fingerprint density at radius 1 is 1.71 bits per heavy atom. The van der Waals surface area contributed by atoms with Gasteiger partial charge in [-0.1, -0.05) is 0 Å². The molecule has 3 nitrogen and oxygen atoms in total.